The topological polar surface area (TPSA) is 160 Å². The van der Waals surface area contributed by atoms with Gasteiger partial charge >= 0.3 is 12.0 Å². The molecule has 3 amide bonds. The number of hydrogen-bond acceptors (Lipinski definition) is 4. The molecule has 2 aromatic carbocycles. The summed E-state index contributed by atoms with van der Waals surface area (Å²) in [6, 6.07) is 12.7. The average molecular weight is 381 g/mol. The summed E-state index contributed by atoms with van der Waals surface area (Å²) in [5, 5.41) is 13.9. The molecule has 9 nitrogen and oxygen atoms in total. The fourth-order valence-corrected chi connectivity index (χ4v) is 2.86. The number of carbonyl (C=O) groups is 3. The molecule has 0 radical (unpaired) electrons. The Hall–Kier alpha value is -3.88. The van der Waals surface area contributed by atoms with Crippen LogP contribution >= 0.6 is 0 Å². The molecular formula is C19H19N5O4. The zero-order chi connectivity index (χ0) is 20.3. The van der Waals surface area contributed by atoms with Gasteiger partial charge in [-0.2, -0.15) is 0 Å². The van der Waals surface area contributed by atoms with Crippen LogP contribution in [-0.2, 0) is 4.79 Å². The molecule has 3 rings (SSSR count). The number of benzene rings is 2. The fourth-order valence-electron chi connectivity index (χ4n) is 2.86. The highest BCUT2D eigenvalue weighted by molar-refractivity contribution is 6.05. The molecule has 0 aliphatic heterocycles. The predicted molar refractivity (Wildman–Crippen MR) is 103 cm³/mol. The van der Waals surface area contributed by atoms with Crippen LogP contribution in [0.15, 0.2) is 53.5 Å². The van der Waals surface area contributed by atoms with Gasteiger partial charge in [-0.15, -0.1) is 0 Å². The highest BCUT2D eigenvalue weighted by Gasteiger charge is 2.43. The van der Waals surface area contributed by atoms with Crippen LogP contribution in [0.25, 0.3) is 0 Å². The minimum atomic E-state index is -0.834. The largest absolute Gasteiger partial charge is 0.481 e. The summed E-state index contributed by atoms with van der Waals surface area (Å²) in [6.07, 6.45) is 0.641. The van der Waals surface area contributed by atoms with Gasteiger partial charge in [0, 0.05) is 11.3 Å². The van der Waals surface area contributed by atoms with Gasteiger partial charge in [-0.3, -0.25) is 14.9 Å². The van der Waals surface area contributed by atoms with Crippen LogP contribution in [0.2, 0.25) is 0 Å². The number of urea groups is 1. The maximum Gasteiger partial charge on any atom is 0.318 e. The van der Waals surface area contributed by atoms with Crippen molar-refractivity contribution in [3.05, 3.63) is 59.7 Å². The molecular weight excluding hydrogens is 362 g/mol. The smallest absolute Gasteiger partial charge is 0.318 e. The van der Waals surface area contributed by atoms with Gasteiger partial charge in [0.25, 0.3) is 5.91 Å². The molecule has 2 atom stereocenters. The lowest BCUT2D eigenvalue weighted by Gasteiger charge is -2.07. The Labute approximate surface area is 160 Å². The molecule has 9 heteroatoms. The van der Waals surface area contributed by atoms with Crippen LogP contribution in [0.5, 0.6) is 0 Å². The second kappa shape index (κ2) is 7.78. The number of anilines is 1. The Morgan fingerprint density at radius 1 is 1.07 bits per heavy atom. The van der Waals surface area contributed by atoms with Crippen molar-refractivity contribution in [2.75, 3.05) is 5.32 Å². The lowest BCUT2D eigenvalue weighted by molar-refractivity contribution is -0.138. The minimum absolute atomic E-state index is 0.0382. The van der Waals surface area contributed by atoms with Crippen molar-refractivity contribution >= 4 is 35.2 Å². The van der Waals surface area contributed by atoms with E-state index in [1.807, 2.05) is 12.1 Å². The summed E-state index contributed by atoms with van der Waals surface area (Å²) in [5.74, 6) is -1.59. The monoisotopic (exact) mass is 381 g/mol. The number of carboxylic acid groups (broad SMARTS) is 1. The third-order valence-electron chi connectivity index (χ3n) is 4.31. The van der Waals surface area contributed by atoms with Crippen LogP contribution in [0.3, 0.4) is 0 Å². The Morgan fingerprint density at radius 3 is 2.39 bits per heavy atom. The Kier molecular flexibility index (Phi) is 5.25. The number of rotatable bonds is 5. The Bertz CT molecular complexity index is 955. The number of aliphatic carboxylic acids is 1. The fraction of sp³-hybridized carbons (Fsp3) is 0.158. The maximum atomic E-state index is 12.4. The minimum Gasteiger partial charge on any atom is -0.481 e. The number of amides is 3. The average Bonchev–Trinajstić information content (AvgIpc) is 3.43. The molecule has 144 valence electrons. The Balaban J connectivity index is 1.66. The molecule has 0 aromatic heterocycles. The first-order valence-corrected chi connectivity index (χ1v) is 8.48. The lowest BCUT2D eigenvalue weighted by Crippen LogP contribution is -2.39. The van der Waals surface area contributed by atoms with E-state index in [-0.39, 0.29) is 23.7 Å². The van der Waals surface area contributed by atoms with E-state index < -0.39 is 12.0 Å². The third-order valence-corrected chi connectivity index (χ3v) is 4.31. The summed E-state index contributed by atoms with van der Waals surface area (Å²) in [6.45, 7) is 0. The van der Waals surface area contributed by atoms with Crippen molar-refractivity contribution in [3.63, 3.8) is 0 Å². The number of nitrogens with zero attached hydrogens (tertiary/aromatic N) is 1. The van der Waals surface area contributed by atoms with Crippen molar-refractivity contribution in [1.29, 1.82) is 0 Å². The summed E-state index contributed by atoms with van der Waals surface area (Å²) in [7, 11) is 0. The van der Waals surface area contributed by atoms with Gasteiger partial charge < -0.3 is 21.9 Å². The van der Waals surface area contributed by atoms with Crippen LogP contribution in [-0.4, -0.2) is 29.0 Å². The van der Waals surface area contributed by atoms with Crippen molar-refractivity contribution in [2.24, 2.45) is 22.4 Å². The number of carboxylic acids is 1. The molecule has 0 bridgehead atoms. The van der Waals surface area contributed by atoms with Crippen molar-refractivity contribution in [2.45, 2.75) is 12.3 Å². The predicted octanol–water partition coefficient (Wildman–Crippen LogP) is 1.74. The summed E-state index contributed by atoms with van der Waals surface area (Å²) in [4.78, 5) is 38.1. The van der Waals surface area contributed by atoms with E-state index >= 15 is 0 Å². The number of nitrogens with two attached hydrogens (primary N) is 2. The highest BCUT2D eigenvalue weighted by atomic mass is 16.4. The van der Waals surface area contributed by atoms with E-state index in [0.717, 1.165) is 5.56 Å². The quantitative estimate of drug-likeness (QED) is 0.393. The van der Waals surface area contributed by atoms with Crippen LogP contribution < -0.4 is 22.1 Å². The molecule has 0 spiro atoms. The maximum absolute atomic E-state index is 12.4. The number of primary amides is 1. The van der Waals surface area contributed by atoms with E-state index in [4.69, 9.17) is 16.6 Å². The number of guanidine groups is 1. The molecule has 1 aliphatic rings. The zero-order valence-electron chi connectivity index (χ0n) is 14.8. The van der Waals surface area contributed by atoms with E-state index in [2.05, 4.69) is 15.6 Å². The van der Waals surface area contributed by atoms with Gasteiger partial charge in [-0.1, -0.05) is 18.2 Å². The van der Waals surface area contributed by atoms with Crippen LogP contribution in [0.1, 0.15) is 28.3 Å². The molecule has 2 unspecified atom stereocenters. The van der Waals surface area contributed by atoms with Gasteiger partial charge in [0.2, 0.25) is 5.96 Å². The molecule has 28 heavy (non-hydrogen) atoms. The highest BCUT2D eigenvalue weighted by Crippen LogP contribution is 2.47. The number of hydrogen-bond donors (Lipinski definition) is 5. The van der Waals surface area contributed by atoms with Crippen LogP contribution in [0.4, 0.5) is 16.2 Å². The van der Waals surface area contributed by atoms with E-state index in [1.165, 1.54) is 6.07 Å². The first kappa shape index (κ1) is 18.9. The number of aliphatic imine (C=N–C) groups is 1. The van der Waals surface area contributed by atoms with Gasteiger partial charge in [0.15, 0.2) is 0 Å². The SMILES string of the molecule is NC(=O)NC(N)=Nc1cccc(C(=O)Nc2ccc(C3CC3C(=O)O)cc2)c1. The van der Waals surface area contributed by atoms with Crippen molar-refractivity contribution in [1.82, 2.24) is 5.32 Å². The zero-order valence-corrected chi connectivity index (χ0v) is 14.8. The van der Waals surface area contributed by atoms with E-state index in [9.17, 15) is 14.4 Å². The lowest BCUT2D eigenvalue weighted by atomic mass is 10.1. The van der Waals surface area contributed by atoms with Gasteiger partial charge in [0.05, 0.1) is 11.6 Å². The summed E-state index contributed by atoms with van der Waals surface area (Å²) >= 11 is 0. The van der Waals surface area contributed by atoms with E-state index in [0.29, 0.717) is 23.4 Å². The van der Waals surface area contributed by atoms with Crippen molar-refractivity contribution in [3.8, 4) is 0 Å². The van der Waals surface area contributed by atoms with Crippen molar-refractivity contribution < 1.29 is 19.5 Å². The number of nitrogens with one attached hydrogen (secondary N) is 2. The molecule has 0 heterocycles. The standard InChI is InChI=1S/C19H19N5O4/c20-18(24-19(21)28)23-13-3-1-2-11(8-13)16(25)22-12-6-4-10(5-7-12)14-9-15(14)17(26)27/h1-8,14-15H,9H2,(H,22,25)(H,26,27)(H5,20,21,23,24,28). The van der Waals surface area contributed by atoms with Gasteiger partial charge in [0.1, 0.15) is 0 Å². The molecule has 2 aromatic rings. The Morgan fingerprint density at radius 2 is 1.79 bits per heavy atom. The molecule has 1 saturated carbocycles. The normalized spacial score (nSPS) is 18.2. The number of carbonyl (C=O) groups excluding carboxylic acids is 2. The summed E-state index contributed by atoms with van der Waals surface area (Å²) < 4.78 is 0. The molecule has 1 aliphatic carbocycles. The third kappa shape index (κ3) is 4.64. The first-order valence-electron chi connectivity index (χ1n) is 8.48. The first-order chi connectivity index (χ1) is 13.3. The van der Waals surface area contributed by atoms with Crippen LogP contribution in [0, 0.1) is 5.92 Å². The van der Waals surface area contributed by atoms with Gasteiger partial charge in [-0.25, -0.2) is 9.79 Å². The van der Waals surface area contributed by atoms with Gasteiger partial charge in [-0.05, 0) is 48.2 Å². The summed E-state index contributed by atoms with van der Waals surface area (Å²) in [5.41, 5.74) is 12.8. The molecule has 0 saturated heterocycles. The van der Waals surface area contributed by atoms with E-state index in [1.54, 1.807) is 30.3 Å². The second-order valence-corrected chi connectivity index (χ2v) is 6.40. The second-order valence-electron chi connectivity index (χ2n) is 6.40. The molecule has 7 N–H and O–H groups in total. The molecule has 1 fully saturated rings.